The molecular formula is C15H26N2O7. The van der Waals surface area contributed by atoms with Gasteiger partial charge >= 0.3 is 18.2 Å². The van der Waals surface area contributed by atoms with Crippen LogP contribution in [0.4, 0.5) is 9.59 Å². The van der Waals surface area contributed by atoms with Crippen molar-refractivity contribution in [2.75, 3.05) is 26.9 Å². The van der Waals surface area contributed by atoms with Gasteiger partial charge in [-0.3, -0.25) is 0 Å². The SMILES string of the molecule is COC(=O)C(COCC1CCCN1C(=O)O)NC(=O)OC(C)(C)C. The predicted molar refractivity (Wildman–Crippen MR) is 83.7 cm³/mol. The topological polar surface area (TPSA) is 114 Å². The van der Waals surface area contributed by atoms with Crippen molar-refractivity contribution >= 4 is 18.2 Å². The lowest BCUT2D eigenvalue weighted by molar-refractivity contribution is -0.145. The lowest BCUT2D eigenvalue weighted by atomic mass is 10.2. The highest BCUT2D eigenvalue weighted by molar-refractivity contribution is 5.81. The number of likely N-dealkylation sites (tertiary alicyclic amines) is 1. The van der Waals surface area contributed by atoms with Crippen LogP contribution in [0.3, 0.4) is 0 Å². The Morgan fingerprint density at radius 2 is 2.00 bits per heavy atom. The van der Waals surface area contributed by atoms with E-state index in [0.29, 0.717) is 13.0 Å². The highest BCUT2D eigenvalue weighted by Crippen LogP contribution is 2.17. The van der Waals surface area contributed by atoms with Crippen LogP contribution < -0.4 is 5.32 Å². The molecule has 1 fully saturated rings. The summed E-state index contributed by atoms with van der Waals surface area (Å²) in [4.78, 5) is 35.9. The molecule has 0 aliphatic carbocycles. The average Bonchev–Trinajstić information content (AvgIpc) is 2.92. The molecule has 2 unspecified atom stereocenters. The normalized spacial score (nSPS) is 18.8. The van der Waals surface area contributed by atoms with Crippen molar-refractivity contribution in [3.8, 4) is 0 Å². The highest BCUT2D eigenvalue weighted by atomic mass is 16.6. The van der Waals surface area contributed by atoms with Crippen LogP contribution in [-0.4, -0.2) is 72.7 Å². The van der Waals surface area contributed by atoms with Crippen LogP contribution in [0.5, 0.6) is 0 Å². The molecule has 1 saturated heterocycles. The Balaban J connectivity index is 2.50. The second kappa shape index (κ2) is 8.72. The van der Waals surface area contributed by atoms with Gasteiger partial charge in [-0.2, -0.15) is 0 Å². The average molecular weight is 346 g/mol. The summed E-state index contributed by atoms with van der Waals surface area (Å²) in [5.74, 6) is -0.664. The van der Waals surface area contributed by atoms with Crippen LogP contribution >= 0.6 is 0 Å². The summed E-state index contributed by atoms with van der Waals surface area (Å²) in [5.41, 5.74) is -0.697. The van der Waals surface area contributed by atoms with Crippen molar-refractivity contribution in [1.29, 1.82) is 0 Å². The zero-order valence-electron chi connectivity index (χ0n) is 14.5. The van der Waals surface area contributed by atoms with Crippen LogP contribution in [0.25, 0.3) is 0 Å². The summed E-state index contributed by atoms with van der Waals surface area (Å²) in [5, 5.41) is 11.5. The van der Waals surface area contributed by atoms with Crippen LogP contribution in [0.1, 0.15) is 33.6 Å². The maximum atomic E-state index is 11.8. The number of carboxylic acid groups (broad SMARTS) is 1. The third kappa shape index (κ3) is 6.61. The first-order valence-electron chi connectivity index (χ1n) is 7.78. The summed E-state index contributed by atoms with van der Waals surface area (Å²) >= 11 is 0. The minimum atomic E-state index is -1.02. The van der Waals surface area contributed by atoms with Gasteiger partial charge in [-0.1, -0.05) is 0 Å². The highest BCUT2D eigenvalue weighted by Gasteiger charge is 2.30. The first-order chi connectivity index (χ1) is 11.1. The number of nitrogens with zero attached hydrogens (tertiary/aromatic N) is 1. The molecular weight excluding hydrogens is 320 g/mol. The summed E-state index contributed by atoms with van der Waals surface area (Å²) in [7, 11) is 1.20. The second-order valence-corrected chi connectivity index (χ2v) is 6.53. The summed E-state index contributed by atoms with van der Waals surface area (Å²) < 4.78 is 15.2. The molecule has 1 heterocycles. The predicted octanol–water partition coefficient (Wildman–Crippen LogP) is 1.21. The first kappa shape index (κ1) is 20.0. The molecule has 1 aliphatic heterocycles. The minimum Gasteiger partial charge on any atom is -0.467 e. The molecule has 24 heavy (non-hydrogen) atoms. The second-order valence-electron chi connectivity index (χ2n) is 6.53. The third-order valence-corrected chi connectivity index (χ3v) is 3.39. The van der Waals surface area contributed by atoms with Gasteiger partial charge in [-0.25, -0.2) is 14.4 Å². The molecule has 2 N–H and O–H groups in total. The van der Waals surface area contributed by atoms with Crippen LogP contribution in [0, 0.1) is 0 Å². The molecule has 0 saturated carbocycles. The molecule has 138 valence electrons. The van der Waals surface area contributed by atoms with Gasteiger partial charge in [0.25, 0.3) is 0 Å². The number of carbonyl (C=O) groups is 3. The minimum absolute atomic E-state index is 0.129. The molecule has 0 radical (unpaired) electrons. The molecule has 1 aliphatic rings. The molecule has 2 atom stereocenters. The number of nitrogens with one attached hydrogen (secondary N) is 1. The van der Waals surface area contributed by atoms with Gasteiger partial charge in [-0.05, 0) is 33.6 Å². The Kier molecular flexibility index (Phi) is 7.27. The third-order valence-electron chi connectivity index (χ3n) is 3.39. The molecule has 9 heteroatoms. The fraction of sp³-hybridized carbons (Fsp3) is 0.800. The Bertz CT molecular complexity index is 461. The van der Waals surface area contributed by atoms with E-state index < -0.39 is 29.8 Å². The van der Waals surface area contributed by atoms with Crippen molar-refractivity contribution in [3.63, 3.8) is 0 Å². The first-order valence-corrected chi connectivity index (χ1v) is 7.78. The van der Waals surface area contributed by atoms with E-state index in [1.165, 1.54) is 12.0 Å². The zero-order chi connectivity index (χ0) is 18.3. The lowest BCUT2D eigenvalue weighted by Gasteiger charge is -2.24. The van der Waals surface area contributed by atoms with Crippen LogP contribution in [0.2, 0.25) is 0 Å². The molecule has 0 bridgehead atoms. The van der Waals surface area contributed by atoms with Crippen LogP contribution in [0.15, 0.2) is 0 Å². The van der Waals surface area contributed by atoms with Gasteiger partial charge in [0.15, 0.2) is 6.04 Å². The number of hydrogen-bond donors (Lipinski definition) is 2. The monoisotopic (exact) mass is 346 g/mol. The van der Waals surface area contributed by atoms with Gasteiger partial charge in [0.2, 0.25) is 0 Å². The maximum absolute atomic E-state index is 11.8. The Labute approximate surface area is 141 Å². The number of ether oxygens (including phenoxy) is 3. The summed E-state index contributed by atoms with van der Waals surface area (Å²) in [6.45, 7) is 5.61. The number of methoxy groups -OCH3 is 1. The van der Waals surface area contributed by atoms with Gasteiger partial charge in [0, 0.05) is 6.54 Å². The van der Waals surface area contributed by atoms with E-state index in [0.717, 1.165) is 6.42 Å². The molecule has 0 aromatic rings. The van der Waals surface area contributed by atoms with Crippen LogP contribution in [-0.2, 0) is 19.0 Å². The molecule has 1 rings (SSSR count). The molecule has 0 aromatic heterocycles. The number of esters is 1. The quantitative estimate of drug-likeness (QED) is 0.695. The Morgan fingerprint density at radius 3 is 2.54 bits per heavy atom. The number of hydrogen-bond acceptors (Lipinski definition) is 6. The van der Waals surface area contributed by atoms with Crippen molar-refractivity contribution in [3.05, 3.63) is 0 Å². The molecule has 0 aromatic carbocycles. The summed E-state index contributed by atoms with van der Waals surface area (Å²) in [6.07, 6.45) is -0.266. The van der Waals surface area contributed by atoms with E-state index >= 15 is 0 Å². The van der Waals surface area contributed by atoms with Crippen molar-refractivity contribution < 1.29 is 33.7 Å². The number of rotatable bonds is 6. The largest absolute Gasteiger partial charge is 0.467 e. The van der Waals surface area contributed by atoms with E-state index in [9.17, 15) is 14.4 Å². The standard InChI is InChI=1S/C15H26N2O7/c1-15(2,3)24-13(19)16-11(12(18)22-4)9-23-8-10-6-5-7-17(10)14(20)21/h10-11H,5-9H2,1-4H3,(H,16,19)(H,20,21). The number of amides is 2. The molecule has 0 spiro atoms. The van der Waals surface area contributed by atoms with Gasteiger partial charge < -0.3 is 29.5 Å². The van der Waals surface area contributed by atoms with Gasteiger partial charge in [0.05, 0.1) is 26.4 Å². The van der Waals surface area contributed by atoms with Crippen molar-refractivity contribution in [1.82, 2.24) is 10.2 Å². The maximum Gasteiger partial charge on any atom is 0.408 e. The van der Waals surface area contributed by atoms with E-state index in [4.69, 9.17) is 14.6 Å². The van der Waals surface area contributed by atoms with Gasteiger partial charge in [-0.15, -0.1) is 0 Å². The fourth-order valence-electron chi connectivity index (χ4n) is 2.34. The van der Waals surface area contributed by atoms with Crippen molar-refractivity contribution in [2.24, 2.45) is 0 Å². The fourth-order valence-corrected chi connectivity index (χ4v) is 2.34. The summed E-state index contributed by atoms with van der Waals surface area (Å²) in [6, 6.07) is -1.27. The molecule has 2 amide bonds. The zero-order valence-corrected chi connectivity index (χ0v) is 14.5. The number of carbonyl (C=O) groups excluding carboxylic acids is 2. The van der Waals surface area contributed by atoms with E-state index in [1.807, 2.05) is 0 Å². The van der Waals surface area contributed by atoms with E-state index in [1.54, 1.807) is 20.8 Å². The van der Waals surface area contributed by atoms with Gasteiger partial charge in [0.1, 0.15) is 5.60 Å². The number of alkyl carbamates (subject to hydrolysis) is 1. The van der Waals surface area contributed by atoms with E-state index in [2.05, 4.69) is 10.1 Å². The Hall–Kier alpha value is -2.03. The lowest BCUT2D eigenvalue weighted by Crippen LogP contribution is -2.47. The smallest absolute Gasteiger partial charge is 0.408 e. The van der Waals surface area contributed by atoms with E-state index in [-0.39, 0.29) is 19.3 Å². The Morgan fingerprint density at radius 1 is 1.33 bits per heavy atom. The van der Waals surface area contributed by atoms with Crippen molar-refractivity contribution in [2.45, 2.75) is 51.3 Å². The molecule has 9 nitrogen and oxygen atoms in total.